The summed E-state index contributed by atoms with van der Waals surface area (Å²) in [5, 5.41) is 7.59. The maximum Gasteiger partial charge on any atom is 0.228 e. The van der Waals surface area contributed by atoms with Crippen LogP contribution in [-0.4, -0.2) is 20.5 Å². The lowest BCUT2D eigenvalue weighted by atomic mass is 10.1. The van der Waals surface area contributed by atoms with Crippen molar-refractivity contribution in [3.63, 3.8) is 0 Å². The molecule has 2 aromatic heterocycles. The average molecular weight is 279 g/mol. The molecule has 1 fully saturated rings. The zero-order valence-corrected chi connectivity index (χ0v) is 11.6. The average Bonchev–Trinajstić information content (AvgIpc) is 3.10. The van der Waals surface area contributed by atoms with E-state index in [1.54, 1.807) is 10.7 Å². The molecule has 1 N–H and O–H groups in total. The fourth-order valence-electron chi connectivity index (χ4n) is 2.03. The molecule has 0 unspecified atom stereocenters. The van der Waals surface area contributed by atoms with E-state index >= 15 is 0 Å². The number of hydrogen-bond donors (Lipinski definition) is 1. The summed E-state index contributed by atoms with van der Waals surface area (Å²) in [6, 6.07) is 1.88. The Morgan fingerprint density at radius 1 is 1.53 bits per heavy atom. The number of nitrogens with one attached hydrogen (secondary N) is 1. The quantitative estimate of drug-likeness (QED) is 0.939. The Balaban J connectivity index is 2.02. The summed E-state index contributed by atoms with van der Waals surface area (Å²) in [6.45, 7) is 4.15. The molecule has 0 radical (unpaired) electrons. The lowest BCUT2D eigenvalue weighted by Gasteiger charge is -2.10. The Labute approximate surface area is 116 Å². The van der Waals surface area contributed by atoms with Crippen LogP contribution in [0.25, 0.3) is 5.65 Å². The van der Waals surface area contributed by atoms with Gasteiger partial charge in [0, 0.05) is 11.5 Å². The molecule has 19 heavy (non-hydrogen) atoms. The molecule has 100 valence electrons. The first-order valence-electron chi connectivity index (χ1n) is 6.41. The number of anilines is 1. The minimum Gasteiger partial charge on any atom is -0.309 e. The van der Waals surface area contributed by atoms with Crippen LogP contribution in [0.5, 0.6) is 0 Å². The van der Waals surface area contributed by atoms with Gasteiger partial charge in [-0.3, -0.25) is 4.79 Å². The Hall–Kier alpha value is -1.62. The number of halogens is 1. The third-order valence-corrected chi connectivity index (χ3v) is 3.43. The molecule has 1 amide bonds. The van der Waals surface area contributed by atoms with E-state index in [1.807, 2.05) is 6.07 Å². The van der Waals surface area contributed by atoms with E-state index in [1.165, 1.54) is 0 Å². The van der Waals surface area contributed by atoms with Gasteiger partial charge in [0.15, 0.2) is 11.5 Å². The van der Waals surface area contributed by atoms with Crippen molar-refractivity contribution in [1.29, 1.82) is 0 Å². The van der Waals surface area contributed by atoms with Gasteiger partial charge in [0.05, 0.1) is 6.20 Å². The third-order valence-electron chi connectivity index (χ3n) is 3.25. The minimum absolute atomic E-state index is 0.0489. The fourth-order valence-corrected chi connectivity index (χ4v) is 2.21. The molecule has 1 saturated carbocycles. The fraction of sp³-hybridized carbons (Fsp3) is 0.462. The van der Waals surface area contributed by atoms with Crippen molar-refractivity contribution >= 4 is 29.0 Å². The Morgan fingerprint density at radius 2 is 2.26 bits per heavy atom. The molecule has 0 atom stereocenters. The first-order valence-corrected chi connectivity index (χ1v) is 6.79. The van der Waals surface area contributed by atoms with Gasteiger partial charge in [-0.05, 0) is 24.8 Å². The number of nitrogens with zero attached hydrogens (tertiary/aromatic N) is 3. The lowest BCUT2D eigenvalue weighted by Crippen LogP contribution is -2.16. The number of carbonyl (C=O) groups is 1. The number of hydrogen-bond acceptors (Lipinski definition) is 3. The van der Waals surface area contributed by atoms with E-state index in [2.05, 4.69) is 29.2 Å². The highest BCUT2D eigenvalue weighted by atomic mass is 35.5. The second kappa shape index (κ2) is 4.49. The predicted molar refractivity (Wildman–Crippen MR) is 73.4 cm³/mol. The number of imidazole rings is 1. The molecule has 0 aromatic carbocycles. The van der Waals surface area contributed by atoms with Gasteiger partial charge in [-0.15, -0.1) is 5.10 Å². The van der Waals surface area contributed by atoms with Crippen LogP contribution in [0.2, 0.25) is 5.15 Å². The highest BCUT2D eigenvalue weighted by Gasteiger charge is 2.30. The Kier molecular flexibility index (Phi) is 2.93. The van der Waals surface area contributed by atoms with Crippen LogP contribution in [0.3, 0.4) is 0 Å². The van der Waals surface area contributed by atoms with E-state index in [4.69, 9.17) is 11.6 Å². The normalized spacial score (nSPS) is 15.2. The van der Waals surface area contributed by atoms with Crippen LogP contribution >= 0.6 is 11.6 Å². The van der Waals surface area contributed by atoms with Crippen molar-refractivity contribution in [2.75, 3.05) is 5.32 Å². The van der Waals surface area contributed by atoms with Gasteiger partial charge in [0.2, 0.25) is 5.91 Å². The summed E-state index contributed by atoms with van der Waals surface area (Å²) >= 11 is 5.92. The molecule has 0 aliphatic heterocycles. The number of amides is 1. The zero-order chi connectivity index (χ0) is 13.6. The molecular formula is C13H15ClN4O. The number of rotatable bonds is 3. The SMILES string of the molecule is CC(C)c1cc(NC(=O)C2CC2)nn2cc(Cl)nc12. The van der Waals surface area contributed by atoms with Crippen LogP contribution in [0.1, 0.15) is 38.2 Å². The van der Waals surface area contributed by atoms with Crippen LogP contribution in [0, 0.1) is 5.92 Å². The molecule has 0 spiro atoms. The summed E-state index contributed by atoms with van der Waals surface area (Å²) in [4.78, 5) is 16.1. The molecule has 1 aliphatic carbocycles. The van der Waals surface area contributed by atoms with Crippen LogP contribution in [0.15, 0.2) is 12.3 Å². The maximum atomic E-state index is 11.8. The molecule has 1 aliphatic rings. The molecule has 0 saturated heterocycles. The van der Waals surface area contributed by atoms with Gasteiger partial charge in [-0.25, -0.2) is 9.50 Å². The van der Waals surface area contributed by atoms with Gasteiger partial charge in [0.1, 0.15) is 5.15 Å². The molecular weight excluding hydrogens is 264 g/mol. The lowest BCUT2D eigenvalue weighted by molar-refractivity contribution is -0.117. The van der Waals surface area contributed by atoms with E-state index in [9.17, 15) is 4.79 Å². The molecule has 5 nitrogen and oxygen atoms in total. The predicted octanol–water partition coefficient (Wildman–Crippen LogP) is 2.85. The van der Waals surface area contributed by atoms with E-state index in [0.29, 0.717) is 11.0 Å². The van der Waals surface area contributed by atoms with E-state index in [0.717, 1.165) is 24.1 Å². The first-order chi connectivity index (χ1) is 9.04. The minimum atomic E-state index is 0.0489. The largest absolute Gasteiger partial charge is 0.309 e. The second-order valence-corrected chi connectivity index (χ2v) is 5.62. The summed E-state index contributed by atoms with van der Waals surface area (Å²) < 4.78 is 1.63. The second-order valence-electron chi connectivity index (χ2n) is 5.23. The van der Waals surface area contributed by atoms with Crippen molar-refractivity contribution in [2.45, 2.75) is 32.6 Å². The van der Waals surface area contributed by atoms with Crippen LogP contribution in [-0.2, 0) is 4.79 Å². The van der Waals surface area contributed by atoms with Crippen molar-refractivity contribution in [3.8, 4) is 0 Å². The highest BCUT2D eigenvalue weighted by molar-refractivity contribution is 6.29. The first kappa shape index (κ1) is 12.4. The summed E-state index contributed by atoms with van der Waals surface area (Å²) in [6.07, 6.45) is 3.60. The molecule has 0 bridgehead atoms. The number of carbonyl (C=O) groups excluding carboxylic acids is 1. The van der Waals surface area contributed by atoms with E-state index in [-0.39, 0.29) is 17.7 Å². The molecule has 2 heterocycles. The molecule has 6 heteroatoms. The highest BCUT2D eigenvalue weighted by Crippen LogP contribution is 2.30. The molecule has 2 aromatic rings. The summed E-state index contributed by atoms with van der Waals surface area (Å²) in [7, 11) is 0. The standard InChI is InChI=1S/C13H15ClN4O/c1-7(2)9-5-11(16-13(19)8-3-4-8)17-18-6-10(14)15-12(9)18/h5-8H,3-4H2,1-2H3,(H,16,17,19). The van der Waals surface area contributed by atoms with Gasteiger partial charge in [0.25, 0.3) is 0 Å². The maximum absolute atomic E-state index is 11.8. The van der Waals surface area contributed by atoms with Crippen molar-refractivity contribution < 1.29 is 4.79 Å². The third kappa shape index (κ3) is 2.42. The van der Waals surface area contributed by atoms with Crippen LogP contribution in [0.4, 0.5) is 5.82 Å². The Bertz CT molecular complexity index is 645. The van der Waals surface area contributed by atoms with Crippen molar-refractivity contribution in [2.24, 2.45) is 5.92 Å². The van der Waals surface area contributed by atoms with Gasteiger partial charge < -0.3 is 5.32 Å². The summed E-state index contributed by atoms with van der Waals surface area (Å²) in [5.41, 5.74) is 1.76. The van der Waals surface area contributed by atoms with Gasteiger partial charge in [-0.2, -0.15) is 0 Å². The van der Waals surface area contributed by atoms with Crippen molar-refractivity contribution in [1.82, 2.24) is 14.6 Å². The summed E-state index contributed by atoms with van der Waals surface area (Å²) in [5.74, 6) is 1.04. The number of fused-ring (bicyclic) bond motifs is 1. The Morgan fingerprint density at radius 3 is 2.89 bits per heavy atom. The smallest absolute Gasteiger partial charge is 0.228 e. The zero-order valence-electron chi connectivity index (χ0n) is 10.9. The monoisotopic (exact) mass is 278 g/mol. The topological polar surface area (TPSA) is 59.3 Å². The van der Waals surface area contributed by atoms with Crippen LogP contribution < -0.4 is 5.32 Å². The number of aromatic nitrogens is 3. The molecule has 3 rings (SSSR count). The van der Waals surface area contributed by atoms with Gasteiger partial charge >= 0.3 is 0 Å². The van der Waals surface area contributed by atoms with Crippen molar-refractivity contribution in [3.05, 3.63) is 23.0 Å². The van der Waals surface area contributed by atoms with E-state index < -0.39 is 0 Å². The van der Waals surface area contributed by atoms with Gasteiger partial charge in [-0.1, -0.05) is 25.4 Å².